The van der Waals surface area contributed by atoms with E-state index in [-0.39, 0.29) is 11.8 Å². The fourth-order valence-corrected chi connectivity index (χ4v) is 4.29. The third-order valence-corrected chi connectivity index (χ3v) is 6.23. The van der Waals surface area contributed by atoms with Gasteiger partial charge in [-0.1, -0.05) is 6.92 Å². The van der Waals surface area contributed by atoms with Gasteiger partial charge in [-0.15, -0.1) is 11.3 Å². The van der Waals surface area contributed by atoms with Crippen LogP contribution in [0.15, 0.2) is 12.1 Å². The van der Waals surface area contributed by atoms with Crippen molar-refractivity contribution in [3.05, 3.63) is 21.9 Å². The third kappa shape index (κ3) is 4.52. The molecular weight excluding hydrogens is 308 g/mol. The summed E-state index contributed by atoms with van der Waals surface area (Å²) < 4.78 is 24.5. The van der Waals surface area contributed by atoms with Gasteiger partial charge in [0.1, 0.15) is 0 Å². The van der Waals surface area contributed by atoms with Crippen molar-refractivity contribution in [2.24, 2.45) is 5.92 Å². The van der Waals surface area contributed by atoms with Crippen LogP contribution in [0.1, 0.15) is 29.5 Å². The van der Waals surface area contributed by atoms with E-state index in [1.807, 2.05) is 6.07 Å². The Morgan fingerprint density at radius 2 is 2.14 bits per heavy atom. The molecule has 1 unspecified atom stereocenters. The van der Waals surface area contributed by atoms with Gasteiger partial charge in [0, 0.05) is 22.8 Å². The van der Waals surface area contributed by atoms with Gasteiger partial charge in [-0.2, -0.15) is 0 Å². The predicted octanol–water partition coefficient (Wildman–Crippen LogP) is 1.60. The van der Waals surface area contributed by atoms with Crippen molar-refractivity contribution in [2.75, 3.05) is 19.3 Å². The monoisotopic (exact) mass is 330 g/mol. The number of rotatable bonds is 5. The fourth-order valence-electron chi connectivity index (χ4n) is 2.48. The van der Waals surface area contributed by atoms with E-state index in [0.717, 1.165) is 24.1 Å². The number of amides is 1. The van der Waals surface area contributed by atoms with Crippen LogP contribution in [0.25, 0.3) is 0 Å². The van der Waals surface area contributed by atoms with Crippen LogP contribution in [0, 0.1) is 5.92 Å². The van der Waals surface area contributed by atoms with Gasteiger partial charge in [-0.05, 0) is 31.4 Å². The Morgan fingerprint density at radius 3 is 2.76 bits per heavy atom. The molecule has 0 aromatic carbocycles. The smallest absolute Gasteiger partial charge is 0.224 e. The summed E-state index contributed by atoms with van der Waals surface area (Å²) in [5.74, 6) is -0.283. The summed E-state index contributed by atoms with van der Waals surface area (Å²) >= 11 is 1.71. The minimum Gasteiger partial charge on any atom is -0.351 e. The number of carbonyl (C=O) groups is 1. The van der Waals surface area contributed by atoms with Gasteiger partial charge in [0.2, 0.25) is 15.9 Å². The molecule has 1 amide bonds. The molecule has 5 nitrogen and oxygen atoms in total. The Bertz CT molecular complexity index is 595. The number of sulfonamides is 1. The van der Waals surface area contributed by atoms with E-state index < -0.39 is 10.0 Å². The van der Waals surface area contributed by atoms with Gasteiger partial charge in [0.25, 0.3) is 0 Å². The number of nitrogens with one attached hydrogen (secondary N) is 1. The van der Waals surface area contributed by atoms with Crippen LogP contribution in [0.5, 0.6) is 0 Å². The number of aryl methyl sites for hydroxylation is 1. The standard InChI is InChI=1S/C14H22N2O3S2/c1-3-12-6-7-13(20-12)9-15-14(17)11-5-4-8-16(10-11)21(2,18)19/h6-7,11H,3-5,8-10H2,1-2H3,(H,15,17). The zero-order chi connectivity index (χ0) is 15.5. The lowest BCUT2D eigenvalue weighted by Gasteiger charge is -2.30. The second kappa shape index (κ2) is 6.89. The van der Waals surface area contributed by atoms with Crippen LogP contribution in [0.3, 0.4) is 0 Å². The molecule has 0 spiro atoms. The highest BCUT2D eigenvalue weighted by Crippen LogP contribution is 2.20. The maximum atomic E-state index is 12.2. The van der Waals surface area contributed by atoms with Crippen molar-refractivity contribution >= 4 is 27.3 Å². The van der Waals surface area contributed by atoms with Crippen LogP contribution in [-0.4, -0.2) is 38.0 Å². The van der Waals surface area contributed by atoms with Crippen LogP contribution < -0.4 is 5.32 Å². The first-order valence-corrected chi connectivity index (χ1v) is 9.87. The largest absolute Gasteiger partial charge is 0.351 e. The molecule has 1 saturated heterocycles. The molecule has 7 heteroatoms. The molecule has 1 atom stereocenters. The molecular formula is C14H22N2O3S2. The van der Waals surface area contributed by atoms with E-state index in [4.69, 9.17) is 0 Å². The molecule has 2 rings (SSSR count). The molecule has 1 fully saturated rings. The first-order chi connectivity index (χ1) is 9.90. The lowest BCUT2D eigenvalue weighted by Crippen LogP contribution is -2.44. The summed E-state index contributed by atoms with van der Waals surface area (Å²) in [4.78, 5) is 14.6. The molecule has 118 valence electrons. The number of thiophene rings is 1. The van der Waals surface area contributed by atoms with E-state index in [1.165, 1.54) is 15.4 Å². The Balaban J connectivity index is 1.88. The summed E-state index contributed by atoms with van der Waals surface area (Å²) in [5.41, 5.74) is 0. The lowest BCUT2D eigenvalue weighted by atomic mass is 9.99. The van der Waals surface area contributed by atoms with Crippen LogP contribution in [0.4, 0.5) is 0 Å². The van der Waals surface area contributed by atoms with E-state index in [9.17, 15) is 13.2 Å². The first kappa shape index (κ1) is 16.5. The highest BCUT2D eigenvalue weighted by atomic mass is 32.2. The predicted molar refractivity (Wildman–Crippen MR) is 84.7 cm³/mol. The number of piperidine rings is 1. The molecule has 1 aromatic heterocycles. The van der Waals surface area contributed by atoms with Gasteiger partial charge in [-0.25, -0.2) is 12.7 Å². The second-order valence-electron chi connectivity index (χ2n) is 5.40. The molecule has 1 aliphatic heterocycles. The molecule has 0 radical (unpaired) electrons. The minimum atomic E-state index is -3.20. The Hall–Kier alpha value is -0.920. The van der Waals surface area contributed by atoms with Crippen molar-refractivity contribution in [1.82, 2.24) is 9.62 Å². The number of nitrogens with zero attached hydrogens (tertiary/aromatic N) is 1. The Kier molecular flexibility index (Phi) is 5.40. The molecule has 0 saturated carbocycles. The third-order valence-electron chi connectivity index (χ3n) is 3.73. The summed E-state index contributed by atoms with van der Waals surface area (Å²) in [5, 5.41) is 2.93. The van der Waals surface area contributed by atoms with Gasteiger partial charge in [0.15, 0.2) is 0 Å². The van der Waals surface area contributed by atoms with E-state index >= 15 is 0 Å². The van der Waals surface area contributed by atoms with Gasteiger partial charge >= 0.3 is 0 Å². The maximum absolute atomic E-state index is 12.2. The molecule has 1 aliphatic rings. The number of hydrogen-bond acceptors (Lipinski definition) is 4. The van der Waals surface area contributed by atoms with Gasteiger partial charge in [-0.3, -0.25) is 4.79 Å². The average Bonchev–Trinajstić information content (AvgIpc) is 2.92. The summed E-state index contributed by atoms with van der Waals surface area (Å²) in [7, 11) is -3.20. The Morgan fingerprint density at radius 1 is 1.43 bits per heavy atom. The lowest BCUT2D eigenvalue weighted by molar-refractivity contribution is -0.126. The van der Waals surface area contributed by atoms with Crippen LogP contribution in [-0.2, 0) is 27.8 Å². The molecule has 0 aliphatic carbocycles. The molecule has 1 N–H and O–H groups in total. The molecule has 0 bridgehead atoms. The Labute approximate surface area is 130 Å². The van der Waals surface area contributed by atoms with E-state index in [2.05, 4.69) is 18.3 Å². The molecule has 1 aromatic rings. The summed E-state index contributed by atoms with van der Waals surface area (Å²) in [6, 6.07) is 4.12. The fraction of sp³-hybridized carbons (Fsp3) is 0.643. The van der Waals surface area contributed by atoms with Crippen molar-refractivity contribution in [2.45, 2.75) is 32.7 Å². The summed E-state index contributed by atoms with van der Waals surface area (Å²) in [6.07, 6.45) is 3.70. The van der Waals surface area contributed by atoms with Crippen molar-refractivity contribution in [1.29, 1.82) is 0 Å². The number of hydrogen-bond donors (Lipinski definition) is 1. The zero-order valence-electron chi connectivity index (χ0n) is 12.5. The molecule has 2 heterocycles. The van der Waals surface area contributed by atoms with E-state index in [0.29, 0.717) is 19.6 Å². The minimum absolute atomic E-state index is 0.0465. The van der Waals surface area contributed by atoms with Gasteiger partial charge < -0.3 is 5.32 Å². The normalized spacial score (nSPS) is 20.4. The van der Waals surface area contributed by atoms with Crippen LogP contribution >= 0.6 is 11.3 Å². The SMILES string of the molecule is CCc1ccc(CNC(=O)C2CCCN(S(C)(=O)=O)C2)s1. The quantitative estimate of drug-likeness (QED) is 0.892. The topological polar surface area (TPSA) is 66.5 Å². The number of carbonyl (C=O) groups excluding carboxylic acids is 1. The van der Waals surface area contributed by atoms with Crippen molar-refractivity contribution < 1.29 is 13.2 Å². The highest BCUT2D eigenvalue weighted by molar-refractivity contribution is 7.88. The van der Waals surface area contributed by atoms with Crippen molar-refractivity contribution in [3.63, 3.8) is 0 Å². The second-order valence-corrected chi connectivity index (χ2v) is 8.63. The van der Waals surface area contributed by atoms with Crippen LogP contribution in [0.2, 0.25) is 0 Å². The molecule has 21 heavy (non-hydrogen) atoms. The summed E-state index contributed by atoms with van der Waals surface area (Å²) in [6.45, 7) is 3.46. The van der Waals surface area contributed by atoms with Gasteiger partial charge in [0.05, 0.1) is 18.7 Å². The average molecular weight is 330 g/mol. The highest BCUT2D eigenvalue weighted by Gasteiger charge is 2.29. The maximum Gasteiger partial charge on any atom is 0.224 e. The van der Waals surface area contributed by atoms with Crippen molar-refractivity contribution in [3.8, 4) is 0 Å². The zero-order valence-corrected chi connectivity index (χ0v) is 14.1. The van der Waals surface area contributed by atoms with E-state index in [1.54, 1.807) is 11.3 Å². The first-order valence-electron chi connectivity index (χ1n) is 7.20.